The second-order valence-corrected chi connectivity index (χ2v) is 16.8. The molecule has 1 aromatic rings. The zero-order chi connectivity index (χ0) is 30.8. The summed E-state index contributed by atoms with van der Waals surface area (Å²) < 4.78 is 0. The first-order valence-electron chi connectivity index (χ1n) is 16.4. The summed E-state index contributed by atoms with van der Waals surface area (Å²) in [5.74, 6) is 0.900. The molecule has 0 fully saturated rings. The van der Waals surface area contributed by atoms with E-state index in [4.69, 9.17) is 6.58 Å². The van der Waals surface area contributed by atoms with Crippen LogP contribution >= 0.6 is 0 Å². The molecule has 0 aliphatic heterocycles. The van der Waals surface area contributed by atoms with Gasteiger partial charge in [0.25, 0.3) is 0 Å². The molecule has 0 spiro atoms. The average molecular weight is 553 g/mol. The highest BCUT2D eigenvalue weighted by atomic mass is 14.5. The molecule has 3 aliphatic rings. The van der Waals surface area contributed by atoms with Gasteiger partial charge in [0.15, 0.2) is 0 Å². The summed E-state index contributed by atoms with van der Waals surface area (Å²) in [6, 6.07) is 5.06. The van der Waals surface area contributed by atoms with Crippen LogP contribution in [0.15, 0.2) is 59.7 Å². The molecule has 0 heteroatoms. The summed E-state index contributed by atoms with van der Waals surface area (Å²) in [5.41, 5.74) is 12.5. The van der Waals surface area contributed by atoms with Crippen molar-refractivity contribution in [3.8, 4) is 0 Å². The van der Waals surface area contributed by atoms with Gasteiger partial charge in [0, 0.05) is 0 Å². The fourth-order valence-corrected chi connectivity index (χ4v) is 8.21. The van der Waals surface area contributed by atoms with Crippen molar-refractivity contribution in [2.45, 2.75) is 133 Å². The molecule has 2 atom stereocenters. The Labute approximate surface area is 254 Å². The zero-order valence-corrected chi connectivity index (χ0v) is 28.9. The van der Waals surface area contributed by atoms with Gasteiger partial charge in [-0.2, -0.15) is 0 Å². The highest BCUT2D eigenvalue weighted by molar-refractivity contribution is 5.85. The van der Waals surface area contributed by atoms with E-state index in [1.54, 1.807) is 11.1 Å². The van der Waals surface area contributed by atoms with Crippen LogP contribution in [0, 0.1) is 28.1 Å². The smallest absolute Gasteiger partial charge is 0.00272 e. The largest absolute Gasteiger partial charge is 0.0911 e. The monoisotopic (exact) mass is 552 g/mol. The predicted molar refractivity (Wildman–Crippen MR) is 183 cm³/mol. The number of allylic oxidation sites excluding steroid dienone is 8. The molecule has 0 radical (unpaired) electrons. The van der Waals surface area contributed by atoms with Crippen LogP contribution in [0.2, 0.25) is 0 Å². The second kappa shape index (κ2) is 10.6. The molecule has 0 amide bonds. The summed E-state index contributed by atoms with van der Waals surface area (Å²) in [4.78, 5) is 0. The van der Waals surface area contributed by atoms with Gasteiger partial charge in [-0.15, -0.1) is 0 Å². The number of hydrogen-bond acceptors (Lipinski definition) is 0. The Morgan fingerprint density at radius 3 is 1.90 bits per heavy atom. The Balaban J connectivity index is 2.02. The third kappa shape index (κ3) is 5.43. The molecule has 0 nitrogen and oxygen atoms in total. The van der Waals surface area contributed by atoms with Crippen molar-refractivity contribution in [3.05, 3.63) is 82.0 Å². The summed E-state index contributed by atoms with van der Waals surface area (Å²) >= 11 is 0. The molecule has 2 unspecified atom stereocenters. The van der Waals surface area contributed by atoms with Crippen LogP contribution in [0.1, 0.15) is 144 Å². The van der Waals surface area contributed by atoms with Gasteiger partial charge < -0.3 is 0 Å². The summed E-state index contributed by atoms with van der Waals surface area (Å²) in [6.45, 7) is 36.3. The molecule has 1 aromatic carbocycles. The number of benzene rings is 1. The first kappa shape index (κ1) is 31.8. The molecule has 0 saturated heterocycles. The van der Waals surface area contributed by atoms with Gasteiger partial charge in [-0.1, -0.05) is 125 Å². The van der Waals surface area contributed by atoms with Crippen molar-refractivity contribution >= 4 is 11.6 Å². The molecule has 0 aromatic heterocycles. The van der Waals surface area contributed by atoms with E-state index in [0.29, 0.717) is 11.8 Å². The van der Waals surface area contributed by atoms with Gasteiger partial charge >= 0.3 is 0 Å². The third-order valence-electron chi connectivity index (χ3n) is 11.9. The normalized spacial score (nSPS) is 26.1. The van der Waals surface area contributed by atoms with Crippen molar-refractivity contribution in [1.29, 1.82) is 0 Å². The zero-order valence-electron chi connectivity index (χ0n) is 28.9. The number of rotatable bonds is 6. The highest BCUT2D eigenvalue weighted by Gasteiger charge is 2.47. The van der Waals surface area contributed by atoms with Gasteiger partial charge in [-0.3, -0.25) is 0 Å². The number of fused-ring (bicyclic) bond motifs is 1. The Hall–Kier alpha value is -2.08. The maximum Gasteiger partial charge on any atom is -0.00272 e. The SMILES string of the molecule is C=C(C1=CC2=C(CC1C(C)(C=CC)C(C)C)C(C)(C)CCC2(C)C)c1cc2c(cc1/C=C\C)C(C)(C)CCC2(C)C. The Kier molecular flexibility index (Phi) is 8.21. The van der Waals surface area contributed by atoms with Crippen molar-refractivity contribution < 1.29 is 0 Å². The molecule has 41 heavy (non-hydrogen) atoms. The summed E-state index contributed by atoms with van der Waals surface area (Å²) in [7, 11) is 0. The molecule has 4 rings (SSSR count). The minimum Gasteiger partial charge on any atom is -0.0911 e. The van der Waals surface area contributed by atoms with Crippen LogP contribution in [0.25, 0.3) is 11.6 Å². The minimum absolute atomic E-state index is 0.0377. The highest BCUT2D eigenvalue weighted by Crippen LogP contribution is 2.59. The van der Waals surface area contributed by atoms with E-state index >= 15 is 0 Å². The number of hydrogen-bond donors (Lipinski definition) is 0. The molecule has 0 heterocycles. The van der Waals surface area contributed by atoms with Crippen LogP contribution in [-0.4, -0.2) is 0 Å². The molecular weight excluding hydrogens is 492 g/mol. The van der Waals surface area contributed by atoms with E-state index in [9.17, 15) is 0 Å². The van der Waals surface area contributed by atoms with Crippen LogP contribution in [0.3, 0.4) is 0 Å². The average Bonchev–Trinajstić information content (AvgIpc) is 2.88. The lowest BCUT2D eigenvalue weighted by atomic mass is 9.54. The van der Waals surface area contributed by atoms with E-state index in [1.165, 1.54) is 59.1 Å². The van der Waals surface area contributed by atoms with Crippen LogP contribution in [-0.2, 0) is 10.8 Å². The minimum atomic E-state index is 0.0377. The Bertz CT molecular complexity index is 1330. The molecule has 0 bridgehead atoms. The molecule has 3 aliphatic carbocycles. The fraction of sp³-hybridized carbons (Fsp3) is 0.610. The van der Waals surface area contributed by atoms with Crippen LogP contribution in [0.5, 0.6) is 0 Å². The Morgan fingerprint density at radius 2 is 1.37 bits per heavy atom. The van der Waals surface area contributed by atoms with Gasteiger partial charge in [-0.05, 0) is 130 Å². The first-order valence-corrected chi connectivity index (χ1v) is 16.4. The predicted octanol–water partition coefficient (Wildman–Crippen LogP) is 12.4. The third-order valence-corrected chi connectivity index (χ3v) is 11.9. The van der Waals surface area contributed by atoms with Crippen molar-refractivity contribution in [2.75, 3.05) is 0 Å². The molecule has 224 valence electrons. The van der Waals surface area contributed by atoms with Gasteiger partial charge in [0.2, 0.25) is 0 Å². The van der Waals surface area contributed by atoms with E-state index in [0.717, 1.165) is 6.42 Å². The lowest BCUT2D eigenvalue weighted by Gasteiger charge is -2.51. The van der Waals surface area contributed by atoms with Crippen LogP contribution in [0.4, 0.5) is 0 Å². The van der Waals surface area contributed by atoms with Crippen molar-refractivity contribution in [3.63, 3.8) is 0 Å². The lowest BCUT2D eigenvalue weighted by molar-refractivity contribution is 0.180. The fourth-order valence-electron chi connectivity index (χ4n) is 8.21. The molecule has 0 N–H and O–H groups in total. The maximum absolute atomic E-state index is 4.98. The van der Waals surface area contributed by atoms with Gasteiger partial charge in [-0.25, -0.2) is 0 Å². The maximum atomic E-state index is 4.98. The summed E-state index contributed by atoms with van der Waals surface area (Å²) in [6.07, 6.45) is 18.0. The van der Waals surface area contributed by atoms with E-state index < -0.39 is 0 Å². The standard InChI is InChI=1S/C41H60/c1-15-17-29-23-33-34(38(8,9)20-19-37(33,6)7)24-30(29)28(5)31-25-35-36(40(12,13)22-21-39(35,10)11)26-32(31)41(14,18-16-2)27(3)4/h15-18,23-25,27,32H,5,19-22,26H2,1-4,6-14H3/b17-15-,18-16?. The van der Waals surface area contributed by atoms with E-state index in [-0.39, 0.29) is 27.1 Å². The second-order valence-electron chi connectivity index (χ2n) is 16.8. The van der Waals surface area contributed by atoms with Gasteiger partial charge in [0.1, 0.15) is 0 Å². The van der Waals surface area contributed by atoms with Crippen molar-refractivity contribution in [1.82, 2.24) is 0 Å². The van der Waals surface area contributed by atoms with E-state index in [1.807, 2.05) is 0 Å². The van der Waals surface area contributed by atoms with E-state index in [2.05, 4.69) is 133 Å². The van der Waals surface area contributed by atoms with Crippen molar-refractivity contribution in [2.24, 2.45) is 28.1 Å². The van der Waals surface area contributed by atoms with Gasteiger partial charge in [0.05, 0.1) is 0 Å². The topological polar surface area (TPSA) is 0 Å². The quantitative estimate of drug-likeness (QED) is 0.308. The lowest BCUT2D eigenvalue weighted by Crippen LogP contribution is -2.39. The summed E-state index contributed by atoms with van der Waals surface area (Å²) in [5, 5.41) is 0. The molecule has 0 saturated carbocycles. The van der Waals surface area contributed by atoms with Crippen LogP contribution < -0.4 is 0 Å². The Morgan fingerprint density at radius 1 is 0.829 bits per heavy atom. The molecular formula is C41H60. The first-order chi connectivity index (χ1) is 18.8.